The molecule has 2 aromatic carbocycles. The summed E-state index contributed by atoms with van der Waals surface area (Å²) < 4.78 is 1.34. The Morgan fingerprint density at radius 1 is 1.08 bits per heavy atom. The van der Waals surface area contributed by atoms with Crippen LogP contribution in [-0.4, -0.2) is 43.0 Å². The fourth-order valence-electron chi connectivity index (χ4n) is 3.55. The molecule has 1 aliphatic heterocycles. The minimum atomic E-state index is -0.743. The Hall–Kier alpha value is -1.61. The zero-order valence-electron chi connectivity index (χ0n) is 15.6. The second-order valence-electron chi connectivity index (χ2n) is 7.89. The van der Waals surface area contributed by atoms with Crippen LogP contribution in [0, 0.1) is 11.8 Å². The second kappa shape index (κ2) is 7.96. The van der Waals surface area contributed by atoms with Crippen molar-refractivity contribution in [2.75, 3.05) is 6.54 Å². The third-order valence-corrected chi connectivity index (χ3v) is 7.49. The molecular weight excluding hydrogens is 389 g/mol. The van der Waals surface area contributed by atoms with Crippen LogP contribution >= 0.6 is 0 Å². The third kappa shape index (κ3) is 4.20. The summed E-state index contributed by atoms with van der Waals surface area (Å²) in [7, 11) is 0. The van der Waals surface area contributed by atoms with Gasteiger partial charge >= 0.3 is 162 Å². The number of amides is 1. The molecule has 1 aliphatic rings. The van der Waals surface area contributed by atoms with Gasteiger partial charge in [0.2, 0.25) is 0 Å². The van der Waals surface area contributed by atoms with Crippen molar-refractivity contribution in [3.05, 3.63) is 66.2 Å². The van der Waals surface area contributed by atoms with Crippen LogP contribution in [0.2, 0.25) is 5.32 Å². The van der Waals surface area contributed by atoms with Gasteiger partial charge in [-0.2, -0.15) is 0 Å². The fourth-order valence-corrected chi connectivity index (χ4v) is 5.79. The Kier molecular flexibility index (Phi) is 5.86. The molecule has 1 saturated heterocycles. The first-order valence-corrected chi connectivity index (χ1v) is 11.2. The molecule has 4 heteroatoms. The standard InChI is InChI=1S/C22H27NO2Se/c1-22(2,3)23-14-17(15-26-18-12-8-5-9-13-18)19(21(23)25)20(24)16-10-6-4-7-11-16/h4-13,17,19-20,24H,14-15H2,1-3H3/t17-,19+,20-/m1/s1. The van der Waals surface area contributed by atoms with Gasteiger partial charge < -0.3 is 0 Å². The van der Waals surface area contributed by atoms with Crippen molar-refractivity contribution >= 4 is 25.3 Å². The maximum absolute atomic E-state index is 13.2. The van der Waals surface area contributed by atoms with Gasteiger partial charge in [-0.25, -0.2) is 0 Å². The SMILES string of the molecule is CC(C)(C)N1C[C@H](C[Se]c2ccccc2)[C@@H]([C@H](O)c2ccccc2)C1=O. The Bertz CT molecular complexity index is 727. The van der Waals surface area contributed by atoms with E-state index in [0.29, 0.717) is 15.0 Å². The van der Waals surface area contributed by atoms with Crippen LogP contribution < -0.4 is 4.46 Å². The van der Waals surface area contributed by atoms with Gasteiger partial charge in [0.25, 0.3) is 0 Å². The van der Waals surface area contributed by atoms with Crippen LogP contribution in [0.15, 0.2) is 60.7 Å². The van der Waals surface area contributed by atoms with Gasteiger partial charge in [-0.1, -0.05) is 0 Å². The molecule has 138 valence electrons. The van der Waals surface area contributed by atoms with Crippen molar-refractivity contribution in [3.63, 3.8) is 0 Å². The topological polar surface area (TPSA) is 40.5 Å². The molecule has 0 bridgehead atoms. The second-order valence-corrected chi connectivity index (χ2v) is 10.2. The van der Waals surface area contributed by atoms with E-state index in [1.165, 1.54) is 4.46 Å². The van der Waals surface area contributed by atoms with Gasteiger partial charge in [0.1, 0.15) is 0 Å². The third-order valence-electron chi connectivity index (χ3n) is 4.97. The minimum absolute atomic E-state index is 0.0858. The summed E-state index contributed by atoms with van der Waals surface area (Å²) in [5.41, 5.74) is 0.610. The number of aliphatic hydroxyl groups excluding tert-OH is 1. The number of benzene rings is 2. The molecule has 0 unspecified atom stereocenters. The van der Waals surface area contributed by atoms with E-state index in [0.717, 1.165) is 17.4 Å². The zero-order chi connectivity index (χ0) is 18.7. The molecule has 0 radical (unpaired) electrons. The number of nitrogens with zero attached hydrogens (tertiary/aromatic N) is 1. The Morgan fingerprint density at radius 2 is 1.65 bits per heavy atom. The van der Waals surface area contributed by atoms with Crippen LogP contribution in [0.5, 0.6) is 0 Å². The first kappa shape index (κ1) is 19.2. The van der Waals surface area contributed by atoms with Crippen molar-refractivity contribution in [2.24, 2.45) is 11.8 Å². The van der Waals surface area contributed by atoms with Crippen molar-refractivity contribution in [2.45, 2.75) is 37.7 Å². The summed E-state index contributed by atoms with van der Waals surface area (Å²) >= 11 is 0.300. The number of rotatable bonds is 5. The average molecular weight is 416 g/mol. The van der Waals surface area contributed by atoms with Crippen molar-refractivity contribution in [1.82, 2.24) is 4.90 Å². The average Bonchev–Trinajstić information content (AvgIpc) is 2.97. The summed E-state index contributed by atoms with van der Waals surface area (Å²) in [4.78, 5) is 15.1. The van der Waals surface area contributed by atoms with Crippen LogP contribution in [-0.2, 0) is 4.79 Å². The van der Waals surface area contributed by atoms with Crippen LogP contribution in [0.4, 0.5) is 0 Å². The van der Waals surface area contributed by atoms with E-state index in [9.17, 15) is 9.90 Å². The Balaban J connectivity index is 1.82. The monoisotopic (exact) mass is 417 g/mol. The summed E-state index contributed by atoms with van der Waals surface area (Å²) in [5.74, 6) is -0.0953. The van der Waals surface area contributed by atoms with Gasteiger partial charge in [-0.3, -0.25) is 0 Å². The summed E-state index contributed by atoms with van der Waals surface area (Å²) in [6.45, 7) is 6.94. The molecule has 3 atom stereocenters. The van der Waals surface area contributed by atoms with Crippen LogP contribution in [0.1, 0.15) is 32.4 Å². The van der Waals surface area contributed by atoms with Crippen LogP contribution in [0.25, 0.3) is 0 Å². The molecular formula is C22H27NO2Se. The van der Waals surface area contributed by atoms with Gasteiger partial charge in [0, 0.05) is 0 Å². The molecule has 0 saturated carbocycles. The van der Waals surface area contributed by atoms with E-state index in [4.69, 9.17) is 0 Å². The van der Waals surface area contributed by atoms with Crippen molar-refractivity contribution < 1.29 is 9.90 Å². The summed E-state index contributed by atoms with van der Waals surface area (Å²) in [5, 5.41) is 12.0. The van der Waals surface area contributed by atoms with Crippen molar-refractivity contribution in [1.29, 1.82) is 0 Å². The number of hydrogen-bond donors (Lipinski definition) is 1. The molecule has 3 rings (SSSR count). The number of carbonyl (C=O) groups is 1. The van der Waals surface area contributed by atoms with E-state index in [1.807, 2.05) is 41.3 Å². The molecule has 1 amide bonds. The molecule has 1 heterocycles. The van der Waals surface area contributed by atoms with Gasteiger partial charge in [-0.05, 0) is 0 Å². The maximum atomic E-state index is 13.2. The summed E-state index contributed by atoms with van der Waals surface area (Å²) in [6, 6.07) is 20.1. The van der Waals surface area contributed by atoms with Gasteiger partial charge in [0.05, 0.1) is 0 Å². The van der Waals surface area contributed by atoms with Crippen molar-refractivity contribution in [3.8, 4) is 0 Å². The first-order chi connectivity index (χ1) is 12.4. The predicted octanol–water partition coefficient (Wildman–Crippen LogP) is 3.04. The van der Waals surface area contributed by atoms with E-state index < -0.39 is 6.10 Å². The molecule has 1 fully saturated rings. The molecule has 1 N–H and O–H groups in total. The molecule has 0 aromatic heterocycles. The van der Waals surface area contributed by atoms with E-state index in [1.54, 1.807) is 0 Å². The number of likely N-dealkylation sites (tertiary alicyclic amines) is 1. The van der Waals surface area contributed by atoms with E-state index in [2.05, 4.69) is 45.0 Å². The number of aliphatic hydroxyl groups is 1. The van der Waals surface area contributed by atoms with Crippen LogP contribution in [0.3, 0.4) is 0 Å². The quantitative estimate of drug-likeness (QED) is 0.762. The number of hydrogen-bond acceptors (Lipinski definition) is 2. The fraction of sp³-hybridized carbons (Fsp3) is 0.409. The van der Waals surface area contributed by atoms with E-state index >= 15 is 0 Å². The Labute approximate surface area is 162 Å². The normalized spacial score (nSPS) is 21.8. The predicted molar refractivity (Wildman–Crippen MR) is 106 cm³/mol. The first-order valence-electron chi connectivity index (χ1n) is 9.10. The molecule has 26 heavy (non-hydrogen) atoms. The molecule has 3 nitrogen and oxygen atoms in total. The zero-order valence-corrected chi connectivity index (χ0v) is 17.3. The van der Waals surface area contributed by atoms with E-state index in [-0.39, 0.29) is 23.3 Å². The molecule has 2 aromatic rings. The molecule has 0 spiro atoms. The Morgan fingerprint density at radius 3 is 2.23 bits per heavy atom. The number of carbonyl (C=O) groups excluding carboxylic acids is 1. The molecule has 0 aliphatic carbocycles. The summed E-state index contributed by atoms with van der Waals surface area (Å²) in [6.07, 6.45) is -0.743. The van der Waals surface area contributed by atoms with Gasteiger partial charge in [-0.15, -0.1) is 0 Å². The van der Waals surface area contributed by atoms with Gasteiger partial charge in [0.15, 0.2) is 0 Å².